The smallest absolute Gasteiger partial charge is 0.252 e. The molecule has 0 saturated heterocycles. The van der Waals surface area contributed by atoms with Crippen molar-refractivity contribution in [3.63, 3.8) is 0 Å². The van der Waals surface area contributed by atoms with Gasteiger partial charge in [-0.25, -0.2) is 12.7 Å². The van der Waals surface area contributed by atoms with Crippen molar-refractivity contribution < 1.29 is 8.42 Å². The molecular formula is C16H21N7O2S2. The number of hydrogen-bond donors (Lipinski definition) is 2. The molecule has 27 heavy (non-hydrogen) atoms. The summed E-state index contributed by atoms with van der Waals surface area (Å²) in [6.45, 7) is 0.920. The summed E-state index contributed by atoms with van der Waals surface area (Å²) in [7, 11) is 1.32. The van der Waals surface area contributed by atoms with E-state index in [4.69, 9.17) is 0 Å². The fourth-order valence-electron chi connectivity index (χ4n) is 2.34. The lowest BCUT2D eigenvalue weighted by atomic mass is 10.4. The number of thiophene rings is 1. The highest BCUT2D eigenvalue weighted by atomic mass is 32.2. The first-order valence-electron chi connectivity index (χ1n) is 8.16. The Hall–Kier alpha value is -2.50. The SMILES string of the molecule is CN=C(NCc1ccc(S(=O)(=O)N(C)C)s1)NCc1nnc2ccccn12. The number of pyridine rings is 1. The standard InChI is InChI=1S/C16H21N7O2S2/c1-17-16(19-11-14-21-20-13-6-4-5-9-23(13)14)18-10-12-7-8-15(26-12)27(24,25)22(2)3/h4-9H,10-11H2,1-3H3,(H2,17,18,19). The number of guanidine groups is 1. The lowest BCUT2D eigenvalue weighted by Gasteiger charge is -2.10. The molecule has 0 aromatic carbocycles. The summed E-state index contributed by atoms with van der Waals surface area (Å²) >= 11 is 1.24. The Morgan fingerprint density at radius 3 is 2.70 bits per heavy atom. The van der Waals surface area contributed by atoms with Gasteiger partial charge in [-0.15, -0.1) is 21.5 Å². The maximum atomic E-state index is 12.1. The minimum atomic E-state index is -3.40. The minimum Gasteiger partial charge on any atom is -0.352 e. The summed E-state index contributed by atoms with van der Waals surface area (Å²) in [4.78, 5) is 5.08. The van der Waals surface area contributed by atoms with E-state index in [-0.39, 0.29) is 0 Å². The van der Waals surface area contributed by atoms with E-state index in [1.807, 2.05) is 28.8 Å². The molecule has 0 aliphatic heterocycles. The fraction of sp³-hybridized carbons (Fsp3) is 0.312. The highest BCUT2D eigenvalue weighted by Crippen LogP contribution is 2.23. The van der Waals surface area contributed by atoms with Crippen LogP contribution in [-0.2, 0) is 23.1 Å². The first-order valence-corrected chi connectivity index (χ1v) is 10.4. The highest BCUT2D eigenvalue weighted by Gasteiger charge is 2.19. The van der Waals surface area contributed by atoms with Crippen molar-refractivity contribution in [3.8, 4) is 0 Å². The normalized spacial score (nSPS) is 12.7. The molecule has 0 fully saturated rings. The van der Waals surface area contributed by atoms with Crippen LogP contribution in [0.2, 0.25) is 0 Å². The van der Waals surface area contributed by atoms with Crippen LogP contribution in [0.25, 0.3) is 5.65 Å². The maximum Gasteiger partial charge on any atom is 0.252 e. The van der Waals surface area contributed by atoms with E-state index in [9.17, 15) is 8.42 Å². The van der Waals surface area contributed by atoms with Gasteiger partial charge in [-0.1, -0.05) is 6.07 Å². The topological polar surface area (TPSA) is 104 Å². The highest BCUT2D eigenvalue weighted by molar-refractivity contribution is 7.91. The van der Waals surface area contributed by atoms with Crippen LogP contribution in [0.5, 0.6) is 0 Å². The van der Waals surface area contributed by atoms with Crippen molar-refractivity contribution in [2.24, 2.45) is 4.99 Å². The third-order valence-corrected chi connectivity index (χ3v) is 7.19. The zero-order valence-electron chi connectivity index (χ0n) is 15.2. The Balaban J connectivity index is 1.59. The molecule has 0 bridgehead atoms. The molecule has 0 spiro atoms. The largest absolute Gasteiger partial charge is 0.352 e. The molecule has 2 N–H and O–H groups in total. The van der Waals surface area contributed by atoms with Gasteiger partial charge < -0.3 is 10.6 Å². The molecule has 0 radical (unpaired) electrons. The van der Waals surface area contributed by atoms with Gasteiger partial charge in [-0.2, -0.15) is 0 Å². The Morgan fingerprint density at radius 2 is 1.96 bits per heavy atom. The third-order valence-electron chi connectivity index (χ3n) is 3.82. The Morgan fingerprint density at radius 1 is 1.19 bits per heavy atom. The number of fused-ring (bicyclic) bond motifs is 1. The Labute approximate surface area is 161 Å². The van der Waals surface area contributed by atoms with Gasteiger partial charge in [0.15, 0.2) is 17.4 Å². The summed E-state index contributed by atoms with van der Waals surface area (Å²) in [5.74, 6) is 1.36. The first-order chi connectivity index (χ1) is 12.9. The van der Waals surface area contributed by atoms with Crippen molar-refractivity contribution in [3.05, 3.63) is 47.2 Å². The first kappa shape index (κ1) is 19.3. The van der Waals surface area contributed by atoms with Gasteiger partial charge in [0.05, 0.1) is 13.1 Å². The zero-order chi connectivity index (χ0) is 19.4. The number of hydrogen-bond acceptors (Lipinski definition) is 6. The van der Waals surface area contributed by atoms with Crippen LogP contribution in [0.4, 0.5) is 0 Å². The molecule has 0 aliphatic rings. The number of nitrogens with zero attached hydrogens (tertiary/aromatic N) is 5. The van der Waals surface area contributed by atoms with Gasteiger partial charge in [0.25, 0.3) is 10.0 Å². The zero-order valence-corrected chi connectivity index (χ0v) is 16.9. The van der Waals surface area contributed by atoms with Crippen molar-refractivity contribution in [1.29, 1.82) is 0 Å². The van der Waals surface area contributed by atoms with Gasteiger partial charge in [0, 0.05) is 32.2 Å². The summed E-state index contributed by atoms with van der Waals surface area (Å²) in [6, 6.07) is 9.14. The quantitative estimate of drug-likeness (QED) is 0.465. The number of sulfonamides is 1. The Bertz CT molecular complexity index is 1050. The van der Waals surface area contributed by atoms with E-state index in [0.717, 1.165) is 16.3 Å². The van der Waals surface area contributed by atoms with Crippen molar-refractivity contribution >= 4 is 33.0 Å². The van der Waals surface area contributed by atoms with Crippen molar-refractivity contribution in [1.82, 2.24) is 29.5 Å². The van der Waals surface area contributed by atoms with Gasteiger partial charge in [-0.3, -0.25) is 9.39 Å². The molecule has 9 nitrogen and oxygen atoms in total. The van der Waals surface area contributed by atoms with E-state index in [2.05, 4.69) is 25.8 Å². The van der Waals surface area contributed by atoms with E-state index in [1.165, 1.54) is 29.7 Å². The van der Waals surface area contributed by atoms with Crippen LogP contribution in [-0.4, -0.2) is 54.4 Å². The number of nitrogens with one attached hydrogen (secondary N) is 2. The number of rotatable bonds is 6. The van der Waals surface area contributed by atoms with Crippen LogP contribution in [0, 0.1) is 0 Å². The van der Waals surface area contributed by atoms with Crippen molar-refractivity contribution in [2.75, 3.05) is 21.1 Å². The Kier molecular flexibility index (Phi) is 5.73. The molecule has 0 atom stereocenters. The lowest BCUT2D eigenvalue weighted by molar-refractivity contribution is 0.523. The van der Waals surface area contributed by atoms with Crippen LogP contribution in [0.15, 0.2) is 45.7 Å². The molecule has 0 unspecified atom stereocenters. The second-order valence-electron chi connectivity index (χ2n) is 5.83. The number of aliphatic imine (C=N–C) groups is 1. The van der Waals surface area contributed by atoms with Gasteiger partial charge >= 0.3 is 0 Å². The molecular weight excluding hydrogens is 386 g/mol. The average Bonchev–Trinajstić information content (AvgIpc) is 3.29. The fourth-order valence-corrected chi connectivity index (χ4v) is 4.80. The summed E-state index contributed by atoms with van der Waals surface area (Å²) < 4.78 is 27.7. The molecule has 3 aromatic rings. The summed E-state index contributed by atoms with van der Waals surface area (Å²) in [6.07, 6.45) is 1.90. The molecule has 0 aliphatic carbocycles. The third kappa shape index (κ3) is 4.26. The second kappa shape index (κ2) is 8.03. The molecule has 3 aromatic heterocycles. The molecule has 0 saturated carbocycles. The van der Waals surface area contributed by atoms with Crippen molar-refractivity contribution in [2.45, 2.75) is 17.3 Å². The summed E-state index contributed by atoms with van der Waals surface area (Å²) in [5, 5.41) is 14.6. The summed E-state index contributed by atoms with van der Waals surface area (Å²) in [5.41, 5.74) is 0.783. The van der Waals surface area contributed by atoms with Gasteiger partial charge in [0.1, 0.15) is 4.21 Å². The number of aromatic nitrogens is 3. The van der Waals surface area contributed by atoms with Crippen LogP contribution >= 0.6 is 11.3 Å². The van der Waals surface area contributed by atoms with Gasteiger partial charge in [0.2, 0.25) is 0 Å². The monoisotopic (exact) mass is 407 g/mol. The lowest BCUT2D eigenvalue weighted by Crippen LogP contribution is -2.36. The predicted octanol–water partition coefficient (Wildman–Crippen LogP) is 0.906. The predicted molar refractivity (Wildman–Crippen MR) is 105 cm³/mol. The van der Waals surface area contributed by atoms with E-state index >= 15 is 0 Å². The minimum absolute atomic E-state index is 0.321. The molecule has 11 heteroatoms. The second-order valence-corrected chi connectivity index (χ2v) is 9.38. The molecule has 3 rings (SSSR count). The van der Waals surface area contributed by atoms with Gasteiger partial charge in [-0.05, 0) is 24.3 Å². The van der Waals surface area contributed by atoms with Crippen LogP contribution < -0.4 is 10.6 Å². The molecule has 0 amide bonds. The molecule has 144 valence electrons. The van der Waals surface area contributed by atoms with Crippen LogP contribution in [0.1, 0.15) is 10.7 Å². The van der Waals surface area contributed by atoms with E-state index in [1.54, 1.807) is 19.2 Å². The molecule has 3 heterocycles. The average molecular weight is 408 g/mol. The van der Waals surface area contributed by atoms with E-state index < -0.39 is 10.0 Å². The van der Waals surface area contributed by atoms with Crippen LogP contribution in [0.3, 0.4) is 0 Å². The maximum absolute atomic E-state index is 12.1. The van der Waals surface area contributed by atoms with E-state index in [0.29, 0.717) is 23.3 Å².